The van der Waals surface area contributed by atoms with Gasteiger partial charge in [-0.15, -0.1) is 0 Å². The van der Waals surface area contributed by atoms with Crippen molar-refractivity contribution in [3.8, 4) is 23.3 Å². The van der Waals surface area contributed by atoms with E-state index in [4.69, 9.17) is 19.9 Å². The predicted molar refractivity (Wildman–Crippen MR) is 126 cm³/mol. The highest BCUT2D eigenvalue weighted by molar-refractivity contribution is 5.89. The minimum Gasteiger partial charge on any atom is -0.495 e. The summed E-state index contributed by atoms with van der Waals surface area (Å²) in [6.45, 7) is 2.07. The van der Waals surface area contributed by atoms with E-state index >= 15 is 0 Å². The van der Waals surface area contributed by atoms with E-state index in [1.807, 2.05) is 18.2 Å². The van der Waals surface area contributed by atoms with Crippen LogP contribution in [0, 0.1) is 11.3 Å². The van der Waals surface area contributed by atoms with Crippen molar-refractivity contribution in [1.29, 1.82) is 5.26 Å². The maximum atomic E-state index is 10.6. The molecule has 1 aliphatic rings. The topological polar surface area (TPSA) is 119 Å². The monoisotopic (exact) mass is 444 g/mol. The highest BCUT2D eigenvalue weighted by atomic mass is 16.5. The molecule has 0 saturated carbocycles. The number of hydrogen-bond acceptors (Lipinski definition) is 8. The Bertz CT molecular complexity index is 1170. The molecule has 0 saturated heterocycles. The van der Waals surface area contributed by atoms with Crippen LogP contribution in [0.25, 0.3) is 0 Å². The van der Waals surface area contributed by atoms with Gasteiger partial charge in [0.05, 0.1) is 24.9 Å². The lowest BCUT2D eigenvalue weighted by atomic mass is 10.0. The number of anilines is 1. The van der Waals surface area contributed by atoms with Crippen LogP contribution in [0.5, 0.6) is 17.2 Å². The van der Waals surface area contributed by atoms with Crippen LogP contribution in [0.4, 0.5) is 5.69 Å². The van der Waals surface area contributed by atoms with Crippen molar-refractivity contribution in [1.82, 2.24) is 0 Å². The maximum absolute atomic E-state index is 10.6. The first kappa shape index (κ1) is 23.2. The molecule has 0 unspecified atom stereocenters. The fourth-order valence-corrected chi connectivity index (χ4v) is 3.05. The van der Waals surface area contributed by atoms with Gasteiger partial charge in [-0.25, -0.2) is 0 Å². The fourth-order valence-electron chi connectivity index (χ4n) is 3.05. The van der Waals surface area contributed by atoms with E-state index in [9.17, 15) is 10.1 Å². The van der Waals surface area contributed by atoms with Gasteiger partial charge in [-0.1, -0.05) is 12.1 Å². The van der Waals surface area contributed by atoms with Crippen molar-refractivity contribution in [2.24, 2.45) is 10.7 Å². The summed E-state index contributed by atoms with van der Waals surface area (Å²) in [6.07, 6.45) is 4.00. The molecule has 0 fully saturated rings. The minimum atomic E-state index is -0.0532. The number of nitrogens with one attached hydrogen (secondary N) is 1. The smallest absolute Gasteiger partial charge is 0.169 e. The number of aldehydes is 1. The van der Waals surface area contributed by atoms with Gasteiger partial charge in [0.1, 0.15) is 24.2 Å². The molecule has 0 radical (unpaired) electrons. The van der Waals surface area contributed by atoms with Crippen molar-refractivity contribution in [3.63, 3.8) is 0 Å². The van der Waals surface area contributed by atoms with Gasteiger partial charge in [0.2, 0.25) is 0 Å². The molecule has 3 rings (SSSR count). The van der Waals surface area contributed by atoms with Crippen molar-refractivity contribution < 1.29 is 19.0 Å². The molecule has 168 valence electrons. The van der Waals surface area contributed by atoms with Crippen LogP contribution >= 0.6 is 0 Å². The molecule has 0 bridgehead atoms. The molecule has 33 heavy (non-hydrogen) atoms. The predicted octanol–water partition coefficient (Wildman–Crippen LogP) is 4.09. The average Bonchev–Trinajstić information content (AvgIpc) is 2.83. The number of ether oxygens (including phenoxy) is 3. The zero-order valence-corrected chi connectivity index (χ0v) is 18.4. The molecule has 1 aliphatic heterocycles. The molecule has 0 atom stereocenters. The number of aliphatic imine (C=N–C) groups is 1. The molecule has 0 aliphatic carbocycles. The van der Waals surface area contributed by atoms with Gasteiger partial charge in [-0.2, -0.15) is 5.26 Å². The summed E-state index contributed by atoms with van der Waals surface area (Å²) in [5.74, 6) is 2.07. The molecule has 0 aromatic heterocycles. The Morgan fingerprint density at radius 3 is 2.58 bits per heavy atom. The Balaban J connectivity index is 1.82. The van der Waals surface area contributed by atoms with Gasteiger partial charge < -0.3 is 25.3 Å². The Kier molecular flexibility index (Phi) is 7.86. The molecule has 3 N–H and O–H groups in total. The lowest BCUT2D eigenvalue weighted by molar-refractivity contribution is -0.109. The maximum Gasteiger partial charge on any atom is 0.169 e. The lowest BCUT2D eigenvalue weighted by Crippen LogP contribution is -2.14. The van der Waals surface area contributed by atoms with Crippen LogP contribution in [-0.2, 0) is 9.53 Å². The van der Waals surface area contributed by atoms with Crippen LogP contribution in [0.1, 0.15) is 6.92 Å². The first-order chi connectivity index (χ1) is 16.0. The molecule has 2 aromatic rings. The van der Waals surface area contributed by atoms with Gasteiger partial charge in [0.15, 0.2) is 17.8 Å². The van der Waals surface area contributed by atoms with E-state index in [2.05, 4.69) is 16.4 Å². The Hall–Kier alpha value is -4.51. The second-order valence-electron chi connectivity index (χ2n) is 6.97. The van der Waals surface area contributed by atoms with Crippen molar-refractivity contribution in [2.45, 2.75) is 6.92 Å². The van der Waals surface area contributed by atoms with Crippen LogP contribution in [0.15, 0.2) is 87.9 Å². The third-order valence-electron chi connectivity index (χ3n) is 4.61. The van der Waals surface area contributed by atoms with E-state index in [0.29, 0.717) is 52.8 Å². The average molecular weight is 444 g/mol. The van der Waals surface area contributed by atoms with Crippen LogP contribution in [-0.4, -0.2) is 32.8 Å². The SMILES string of the molecule is COC(/C=C1\CN=CC(C#N)=C1Nc1ccc(Oc2ccccc2OCC=O)cc1)=C(/C)N. The van der Waals surface area contributed by atoms with E-state index in [-0.39, 0.29) is 6.61 Å². The second-order valence-corrected chi connectivity index (χ2v) is 6.97. The Morgan fingerprint density at radius 1 is 1.21 bits per heavy atom. The number of allylic oxidation sites excluding steroid dienone is 3. The van der Waals surface area contributed by atoms with E-state index in [1.54, 1.807) is 49.5 Å². The number of rotatable bonds is 9. The number of nitrogens with zero attached hydrogens (tertiary/aromatic N) is 2. The zero-order valence-electron chi connectivity index (χ0n) is 18.4. The Morgan fingerprint density at radius 2 is 1.94 bits per heavy atom. The van der Waals surface area contributed by atoms with E-state index in [1.165, 1.54) is 7.11 Å². The highest BCUT2D eigenvalue weighted by Crippen LogP contribution is 2.32. The van der Waals surface area contributed by atoms with E-state index in [0.717, 1.165) is 11.3 Å². The van der Waals surface area contributed by atoms with Crippen molar-refractivity contribution in [2.75, 3.05) is 25.6 Å². The first-order valence-corrected chi connectivity index (χ1v) is 10.1. The largest absolute Gasteiger partial charge is 0.495 e. The zero-order chi connectivity index (χ0) is 23.6. The summed E-state index contributed by atoms with van der Waals surface area (Å²) in [4.78, 5) is 14.9. The standard InChI is InChI=1S/C25H24N4O4/c1-17(27)24(31-2)13-18-15-28-16-19(14-26)25(18)29-20-7-9-21(10-8-20)33-23-6-4-3-5-22(23)32-12-11-30/h3-11,13,16,29H,12,15,27H2,1-2H3/b18-13+,24-17-. The number of methoxy groups -OCH3 is 1. The first-order valence-electron chi connectivity index (χ1n) is 10.1. The third kappa shape index (κ3) is 6.02. The van der Waals surface area contributed by atoms with Gasteiger partial charge in [-0.3, -0.25) is 9.79 Å². The van der Waals surface area contributed by atoms with E-state index < -0.39 is 0 Å². The number of nitriles is 1. The van der Waals surface area contributed by atoms with Crippen molar-refractivity contribution >= 4 is 18.2 Å². The molecule has 1 heterocycles. The molecule has 8 heteroatoms. The van der Waals surface area contributed by atoms with Gasteiger partial charge in [-0.05, 0) is 49.4 Å². The van der Waals surface area contributed by atoms with Gasteiger partial charge >= 0.3 is 0 Å². The number of benzene rings is 2. The summed E-state index contributed by atoms with van der Waals surface area (Å²) in [5.41, 5.74) is 8.96. The van der Waals surface area contributed by atoms with Crippen LogP contribution < -0.4 is 20.5 Å². The summed E-state index contributed by atoms with van der Waals surface area (Å²) in [7, 11) is 1.54. The Labute approximate surface area is 192 Å². The summed E-state index contributed by atoms with van der Waals surface area (Å²) in [6, 6.07) is 16.5. The lowest BCUT2D eigenvalue weighted by Gasteiger charge is -2.19. The summed E-state index contributed by atoms with van der Waals surface area (Å²) >= 11 is 0. The fraction of sp³-hybridized carbons (Fsp3) is 0.160. The minimum absolute atomic E-state index is 0.0532. The molecular formula is C25H24N4O4. The number of hydrogen-bond donors (Lipinski definition) is 2. The summed E-state index contributed by atoms with van der Waals surface area (Å²) < 4.78 is 16.6. The normalized spacial score (nSPS) is 14.9. The molecule has 0 spiro atoms. The van der Waals surface area contributed by atoms with Gasteiger partial charge in [0.25, 0.3) is 0 Å². The second kappa shape index (κ2) is 11.2. The number of dihydropyridines is 1. The number of carbonyl (C=O) groups excluding carboxylic acids is 1. The third-order valence-corrected chi connectivity index (χ3v) is 4.61. The van der Waals surface area contributed by atoms with Gasteiger partial charge in [0, 0.05) is 23.2 Å². The van der Waals surface area contributed by atoms with Crippen LogP contribution in [0.3, 0.4) is 0 Å². The number of nitrogens with two attached hydrogens (primary N) is 1. The number of para-hydroxylation sites is 2. The van der Waals surface area contributed by atoms with Crippen molar-refractivity contribution in [3.05, 3.63) is 82.9 Å². The molecule has 8 nitrogen and oxygen atoms in total. The molecular weight excluding hydrogens is 420 g/mol. The molecule has 2 aromatic carbocycles. The highest BCUT2D eigenvalue weighted by Gasteiger charge is 2.16. The van der Waals surface area contributed by atoms with Crippen LogP contribution in [0.2, 0.25) is 0 Å². The number of carbonyl (C=O) groups is 1. The quantitative estimate of drug-likeness (QED) is 0.441. The summed E-state index contributed by atoms with van der Waals surface area (Å²) in [5, 5.41) is 12.9. The molecule has 0 amide bonds.